The van der Waals surface area contributed by atoms with Crippen LogP contribution in [0.25, 0.3) is 6.08 Å². The summed E-state index contributed by atoms with van der Waals surface area (Å²) in [5, 5.41) is 10.8. The second-order valence-corrected chi connectivity index (χ2v) is 9.74. The lowest BCUT2D eigenvalue weighted by Crippen LogP contribution is -2.41. The summed E-state index contributed by atoms with van der Waals surface area (Å²) >= 11 is 6.61. The van der Waals surface area contributed by atoms with Gasteiger partial charge >= 0.3 is 0 Å². The van der Waals surface area contributed by atoms with Crippen molar-refractivity contribution in [2.24, 2.45) is 0 Å². The summed E-state index contributed by atoms with van der Waals surface area (Å²) in [4.78, 5) is 49.3. The van der Waals surface area contributed by atoms with Crippen LogP contribution in [0.4, 0.5) is 5.69 Å². The molecule has 0 saturated carbocycles. The van der Waals surface area contributed by atoms with Gasteiger partial charge in [-0.2, -0.15) is 0 Å². The number of hydrazine groups is 1. The Morgan fingerprint density at radius 2 is 1.84 bits per heavy atom. The Hall–Kier alpha value is -3.97. The van der Waals surface area contributed by atoms with Crippen LogP contribution in [0.15, 0.2) is 47.4 Å². The highest BCUT2D eigenvalue weighted by Gasteiger charge is 2.31. The van der Waals surface area contributed by atoms with E-state index in [4.69, 9.17) is 21.7 Å². The molecule has 1 saturated heterocycles. The van der Waals surface area contributed by atoms with Crippen molar-refractivity contribution >= 4 is 57.8 Å². The van der Waals surface area contributed by atoms with Gasteiger partial charge in [0.15, 0.2) is 11.5 Å². The van der Waals surface area contributed by atoms with E-state index in [0.717, 1.165) is 11.6 Å². The smallest absolute Gasteiger partial charge is 0.270 e. The zero-order valence-corrected chi connectivity index (χ0v) is 22.4. The molecule has 0 atom stereocenters. The molecule has 0 bridgehead atoms. The Morgan fingerprint density at radius 3 is 2.55 bits per heavy atom. The number of non-ortho nitro benzene ring substituents is 1. The number of nitro benzene ring substituents is 1. The van der Waals surface area contributed by atoms with Gasteiger partial charge in [-0.05, 0) is 42.7 Å². The molecule has 0 spiro atoms. The Morgan fingerprint density at radius 1 is 1.08 bits per heavy atom. The molecular formula is C25H26N4O7S2. The Balaban J connectivity index is 1.40. The first kappa shape index (κ1) is 28.6. The third-order valence-electron chi connectivity index (χ3n) is 5.50. The van der Waals surface area contributed by atoms with Crippen LogP contribution in [0, 0.1) is 10.1 Å². The van der Waals surface area contributed by atoms with Crippen molar-refractivity contribution < 1.29 is 28.8 Å². The quantitative estimate of drug-likeness (QED) is 0.138. The molecule has 1 aliphatic heterocycles. The molecule has 3 amide bonds. The van der Waals surface area contributed by atoms with Gasteiger partial charge in [0, 0.05) is 30.7 Å². The molecule has 1 aliphatic rings. The number of ether oxygens (including phenoxy) is 2. The summed E-state index contributed by atoms with van der Waals surface area (Å²) in [7, 11) is 3.09. The molecule has 0 aliphatic carbocycles. The lowest BCUT2D eigenvalue weighted by molar-refractivity contribution is -0.384. The summed E-state index contributed by atoms with van der Waals surface area (Å²) in [6, 6.07) is 10.6. The lowest BCUT2D eigenvalue weighted by atomic mass is 10.1. The molecule has 2 N–H and O–H groups in total. The Kier molecular flexibility index (Phi) is 10.2. The number of thioether (sulfide) groups is 1. The fourth-order valence-corrected chi connectivity index (χ4v) is 4.85. The topological polar surface area (TPSA) is 140 Å². The predicted molar refractivity (Wildman–Crippen MR) is 147 cm³/mol. The van der Waals surface area contributed by atoms with Crippen LogP contribution in [0.2, 0.25) is 0 Å². The first-order valence-corrected chi connectivity index (χ1v) is 12.8. The van der Waals surface area contributed by atoms with E-state index in [1.807, 2.05) is 6.07 Å². The minimum atomic E-state index is -0.655. The summed E-state index contributed by atoms with van der Waals surface area (Å²) < 4.78 is 11.0. The molecule has 13 heteroatoms. The van der Waals surface area contributed by atoms with Gasteiger partial charge < -0.3 is 9.47 Å². The molecule has 0 unspecified atom stereocenters. The van der Waals surface area contributed by atoms with Crippen LogP contribution in [0.1, 0.15) is 41.6 Å². The number of carbonyl (C=O) groups excluding carboxylic acids is 3. The second-order valence-electron chi connectivity index (χ2n) is 8.07. The van der Waals surface area contributed by atoms with E-state index in [-0.39, 0.29) is 23.6 Å². The van der Waals surface area contributed by atoms with Crippen LogP contribution in [0.5, 0.6) is 11.5 Å². The SMILES string of the molecule is COc1ccc(C=C2SC(=S)N(CCCCCC(=O)NNC(=O)c3cccc([N+](=O)[O-])c3)C2=O)cc1OC. The number of amides is 3. The number of nitrogens with one attached hydrogen (secondary N) is 2. The zero-order chi connectivity index (χ0) is 27.7. The first-order valence-electron chi connectivity index (χ1n) is 11.5. The number of carbonyl (C=O) groups is 3. The van der Waals surface area contributed by atoms with Crippen molar-refractivity contribution in [2.75, 3.05) is 20.8 Å². The summed E-state index contributed by atoms with van der Waals surface area (Å²) in [6.07, 6.45) is 3.76. The number of methoxy groups -OCH3 is 2. The van der Waals surface area contributed by atoms with Crippen molar-refractivity contribution in [1.29, 1.82) is 0 Å². The number of unbranched alkanes of at least 4 members (excludes halogenated alkanes) is 2. The van der Waals surface area contributed by atoms with E-state index in [2.05, 4.69) is 10.9 Å². The van der Waals surface area contributed by atoms with Crippen molar-refractivity contribution in [2.45, 2.75) is 25.7 Å². The maximum absolute atomic E-state index is 12.8. The summed E-state index contributed by atoms with van der Waals surface area (Å²) in [5.41, 5.74) is 5.17. The van der Waals surface area contributed by atoms with Crippen LogP contribution >= 0.6 is 24.0 Å². The highest BCUT2D eigenvalue weighted by molar-refractivity contribution is 8.26. The number of hydrogen-bond acceptors (Lipinski definition) is 9. The number of nitro groups is 1. The zero-order valence-electron chi connectivity index (χ0n) is 20.7. The van der Waals surface area contributed by atoms with Crippen molar-refractivity contribution in [3.8, 4) is 11.5 Å². The number of nitrogens with zero attached hydrogens (tertiary/aromatic N) is 2. The molecular weight excluding hydrogens is 532 g/mol. The maximum atomic E-state index is 12.8. The lowest BCUT2D eigenvalue weighted by Gasteiger charge is -2.14. The van der Waals surface area contributed by atoms with E-state index >= 15 is 0 Å². The highest BCUT2D eigenvalue weighted by Crippen LogP contribution is 2.34. The molecule has 1 fully saturated rings. The van der Waals surface area contributed by atoms with E-state index in [0.29, 0.717) is 46.5 Å². The molecule has 3 rings (SSSR count). The Bertz CT molecular complexity index is 1280. The van der Waals surface area contributed by atoms with Gasteiger partial charge in [0.25, 0.3) is 17.5 Å². The Labute approximate surface area is 228 Å². The third kappa shape index (κ3) is 7.52. The minimum Gasteiger partial charge on any atom is -0.493 e. The number of thiocarbonyl (C=S) groups is 1. The maximum Gasteiger partial charge on any atom is 0.270 e. The third-order valence-corrected chi connectivity index (χ3v) is 6.88. The van der Waals surface area contributed by atoms with E-state index < -0.39 is 16.7 Å². The van der Waals surface area contributed by atoms with Gasteiger partial charge in [0.05, 0.1) is 24.0 Å². The van der Waals surface area contributed by atoms with E-state index in [1.165, 1.54) is 30.0 Å². The number of rotatable bonds is 11. The number of hydrogen-bond donors (Lipinski definition) is 2. The van der Waals surface area contributed by atoms with Crippen LogP contribution in [-0.2, 0) is 9.59 Å². The molecule has 11 nitrogen and oxygen atoms in total. The average Bonchev–Trinajstić information content (AvgIpc) is 3.18. The largest absolute Gasteiger partial charge is 0.493 e. The van der Waals surface area contributed by atoms with Crippen LogP contribution < -0.4 is 20.3 Å². The monoisotopic (exact) mass is 558 g/mol. The molecule has 38 heavy (non-hydrogen) atoms. The second kappa shape index (κ2) is 13.5. The highest BCUT2D eigenvalue weighted by atomic mass is 32.2. The van der Waals surface area contributed by atoms with Gasteiger partial charge in [-0.3, -0.25) is 40.2 Å². The van der Waals surface area contributed by atoms with E-state index in [9.17, 15) is 24.5 Å². The average molecular weight is 559 g/mol. The normalized spacial score (nSPS) is 13.9. The van der Waals surface area contributed by atoms with Gasteiger partial charge in [-0.1, -0.05) is 42.5 Å². The van der Waals surface area contributed by atoms with Gasteiger partial charge in [-0.25, -0.2) is 0 Å². The fourth-order valence-electron chi connectivity index (χ4n) is 3.54. The summed E-state index contributed by atoms with van der Waals surface area (Å²) in [5.74, 6) is -0.0682. The van der Waals surface area contributed by atoms with Crippen molar-refractivity contribution in [1.82, 2.24) is 15.8 Å². The molecule has 2 aromatic carbocycles. The minimum absolute atomic E-state index is 0.0585. The van der Waals surface area contributed by atoms with Crippen molar-refractivity contribution in [3.63, 3.8) is 0 Å². The first-order chi connectivity index (χ1) is 18.2. The van der Waals surface area contributed by atoms with Crippen LogP contribution in [-0.4, -0.2) is 52.6 Å². The molecule has 200 valence electrons. The van der Waals surface area contributed by atoms with Gasteiger partial charge in [0.2, 0.25) is 5.91 Å². The van der Waals surface area contributed by atoms with Crippen LogP contribution in [0.3, 0.4) is 0 Å². The van der Waals surface area contributed by atoms with Gasteiger partial charge in [0.1, 0.15) is 4.32 Å². The predicted octanol–water partition coefficient (Wildman–Crippen LogP) is 3.83. The molecule has 2 aromatic rings. The molecule has 1 heterocycles. The standard InChI is InChI=1S/C25H26N4O7S2/c1-35-19-11-10-16(13-20(19)36-2)14-21-24(32)28(25(37)38-21)12-5-3-4-9-22(30)26-27-23(31)17-7-6-8-18(15-17)29(33)34/h6-8,10-11,13-15H,3-5,9,12H2,1-2H3,(H,26,30)(H,27,31). The van der Waals surface area contributed by atoms with Gasteiger partial charge in [-0.15, -0.1) is 0 Å². The molecule has 0 aromatic heterocycles. The molecule has 0 radical (unpaired) electrons. The summed E-state index contributed by atoms with van der Waals surface area (Å²) in [6.45, 7) is 0.430. The van der Waals surface area contributed by atoms with E-state index in [1.54, 1.807) is 37.3 Å². The number of benzene rings is 2. The fraction of sp³-hybridized carbons (Fsp3) is 0.280. The van der Waals surface area contributed by atoms with Crippen molar-refractivity contribution in [3.05, 3.63) is 68.6 Å².